The van der Waals surface area contributed by atoms with Gasteiger partial charge >= 0.3 is 0 Å². The Morgan fingerprint density at radius 1 is 1.00 bits per heavy atom. The third-order valence-corrected chi connectivity index (χ3v) is 3.61. The highest BCUT2D eigenvalue weighted by molar-refractivity contribution is 8.13. The summed E-state index contributed by atoms with van der Waals surface area (Å²) >= 11 is 0. The van der Waals surface area contributed by atoms with E-state index >= 15 is 0 Å². The molecule has 0 aromatic heterocycles. The second-order valence-electron chi connectivity index (χ2n) is 3.83. The molecule has 0 spiro atoms. The molecule has 0 aromatic rings. The van der Waals surface area contributed by atoms with Gasteiger partial charge in [0.2, 0.25) is 9.05 Å². The van der Waals surface area contributed by atoms with E-state index in [0.29, 0.717) is 39.4 Å². The summed E-state index contributed by atoms with van der Waals surface area (Å²) in [5.41, 5.74) is 0. The van der Waals surface area contributed by atoms with Crippen LogP contribution in [0.4, 0.5) is 0 Å². The van der Waals surface area contributed by atoms with Crippen molar-refractivity contribution in [2.24, 2.45) is 0 Å². The Morgan fingerprint density at radius 2 is 1.50 bits per heavy atom. The molecule has 0 rings (SSSR count). The second kappa shape index (κ2) is 11.0. The Hall–Kier alpha value is 0.120. The van der Waals surface area contributed by atoms with Crippen LogP contribution in [0.5, 0.6) is 0 Å². The van der Waals surface area contributed by atoms with Crippen molar-refractivity contribution in [3.05, 3.63) is 0 Å². The predicted octanol–water partition coefficient (Wildman–Crippen LogP) is 1.32. The van der Waals surface area contributed by atoms with Gasteiger partial charge in [-0.05, 0) is 26.8 Å². The molecule has 0 saturated carbocycles. The van der Waals surface area contributed by atoms with Gasteiger partial charge in [0.15, 0.2) is 0 Å². The Bertz CT molecular complexity index is 275. The summed E-state index contributed by atoms with van der Waals surface area (Å²) in [6.07, 6.45) is 0.532. The van der Waals surface area contributed by atoms with Crippen molar-refractivity contribution in [2.75, 3.05) is 51.8 Å². The van der Waals surface area contributed by atoms with Crippen molar-refractivity contribution >= 4 is 19.7 Å². The Morgan fingerprint density at radius 3 is 1.89 bits per heavy atom. The number of ether oxygens (including phenoxy) is 2. The smallest absolute Gasteiger partial charge is 0.232 e. The molecule has 0 fully saturated rings. The molecule has 5 nitrogen and oxygen atoms in total. The highest BCUT2D eigenvalue weighted by atomic mass is 35.7. The number of halogens is 1. The summed E-state index contributed by atoms with van der Waals surface area (Å²) in [5, 5.41) is 0. The minimum atomic E-state index is -3.39. The fraction of sp³-hybridized carbons (Fsp3) is 1.00. The van der Waals surface area contributed by atoms with Crippen LogP contribution < -0.4 is 0 Å². The van der Waals surface area contributed by atoms with Crippen molar-refractivity contribution in [3.8, 4) is 0 Å². The topological polar surface area (TPSA) is 55.8 Å². The maximum atomic E-state index is 10.8. The van der Waals surface area contributed by atoms with Crippen molar-refractivity contribution in [1.82, 2.24) is 4.90 Å². The Labute approximate surface area is 115 Å². The summed E-state index contributed by atoms with van der Waals surface area (Å²) in [6.45, 7) is 8.82. The van der Waals surface area contributed by atoms with Crippen LogP contribution in [0, 0.1) is 0 Å². The van der Waals surface area contributed by atoms with Crippen molar-refractivity contribution in [3.63, 3.8) is 0 Å². The zero-order valence-electron chi connectivity index (χ0n) is 11.2. The zero-order chi connectivity index (χ0) is 13.9. The normalized spacial score (nSPS) is 12.2. The van der Waals surface area contributed by atoms with Crippen LogP contribution in [-0.4, -0.2) is 65.1 Å². The summed E-state index contributed by atoms with van der Waals surface area (Å²) in [5.74, 6) is 0.00826. The van der Waals surface area contributed by atoms with Crippen LogP contribution in [0.1, 0.15) is 20.3 Å². The van der Waals surface area contributed by atoms with E-state index in [2.05, 4.69) is 4.90 Å². The van der Waals surface area contributed by atoms with Crippen molar-refractivity contribution < 1.29 is 17.9 Å². The molecule has 110 valence electrons. The van der Waals surface area contributed by atoms with Gasteiger partial charge in [-0.2, -0.15) is 0 Å². The van der Waals surface area contributed by atoms with E-state index in [4.69, 9.17) is 20.2 Å². The monoisotopic (exact) mass is 301 g/mol. The van der Waals surface area contributed by atoms with E-state index in [1.807, 2.05) is 13.8 Å². The zero-order valence-corrected chi connectivity index (χ0v) is 12.8. The fourth-order valence-electron chi connectivity index (χ4n) is 1.47. The first-order chi connectivity index (χ1) is 8.49. The lowest BCUT2D eigenvalue weighted by Gasteiger charge is -2.21. The first-order valence-corrected chi connectivity index (χ1v) is 8.77. The number of hydrogen-bond acceptors (Lipinski definition) is 5. The minimum absolute atomic E-state index is 0.00826. The van der Waals surface area contributed by atoms with Crippen LogP contribution in [-0.2, 0) is 18.5 Å². The van der Waals surface area contributed by atoms with Gasteiger partial charge in [-0.15, -0.1) is 0 Å². The molecule has 0 aliphatic carbocycles. The molecule has 0 heterocycles. The largest absolute Gasteiger partial charge is 0.380 e. The Kier molecular flexibility index (Phi) is 11.1. The van der Waals surface area contributed by atoms with Gasteiger partial charge < -0.3 is 9.47 Å². The summed E-state index contributed by atoms with van der Waals surface area (Å²) in [7, 11) is 1.79. The van der Waals surface area contributed by atoms with Crippen LogP contribution in [0.15, 0.2) is 0 Å². The second-order valence-corrected chi connectivity index (χ2v) is 6.73. The molecule has 18 heavy (non-hydrogen) atoms. The molecular weight excluding hydrogens is 278 g/mol. The van der Waals surface area contributed by atoms with E-state index in [9.17, 15) is 8.42 Å². The molecule has 0 bridgehead atoms. The molecule has 0 radical (unpaired) electrons. The third-order valence-electron chi connectivity index (χ3n) is 2.37. The maximum Gasteiger partial charge on any atom is 0.232 e. The van der Waals surface area contributed by atoms with Gasteiger partial charge in [-0.1, -0.05) is 0 Å². The first kappa shape index (κ1) is 18.1. The van der Waals surface area contributed by atoms with Crippen LogP contribution in [0.3, 0.4) is 0 Å². The number of rotatable bonds is 12. The van der Waals surface area contributed by atoms with Gasteiger partial charge in [0, 0.05) is 37.0 Å². The molecule has 0 aromatic carbocycles. The van der Waals surface area contributed by atoms with Gasteiger partial charge in [0.25, 0.3) is 0 Å². The molecule has 0 N–H and O–H groups in total. The van der Waals surface area contributed by atoms with Gasteiger partial charge in [-0.3, -0.25) is 4.90 Å². The average molecular weight is 302 g/mol. The van der Waals surface area contributed by atoms with Crippen LogP contribution in [0.2, 0.25) is 0 Å². The summed E-state index contributed by atoms with van der Waals surface area (Å²) in [4.78, 5) is 2.13. The lowest BCUT2D eigenvalue weighted by molar-refractivity contribution is 0.0830. The molecule has 0 saturated heterocycles. The Balaban J connectivity index is 3.87. The quantitative estimate of drug-likeness (QED) is 0.402. The fourth-order valence-corrected chi connectivity index (χ4v) is 2.27. The predicted molar refractivity (Wildman–Crippen MR) is 73.7 cm³/mol. The van der Waals surface area contributed by atoms with E-state index in [1.54, 1.807) is 0 Å². The average Bonchev–Trinajstić information content (AvgIpc) is 2.27. The molecule has 0 unspecified atom stereocenters. The summed E-state index contributed by atoms with van der Waals surface area (Å²) < 4.78 is 32.2. The highest BCUT2D eigenvalue weighted by Gasteiger charge is 2.09. The highest BCUT2D eigenvalue weighted by Crippen LogP contribution is 2.01. The molecule has 0 amide bonds. The third kappa shape index (κ3) is 12.6. The van der Waals surface area contributed by atoms with Crippen molar-refractivity contribution in [2.45, 2.75) is 20.3 Å². The number of hydrogen-bond donors (Lipinski definition) is 0. The van der Waals surface area contributed by atoms with Gasteiger partial charge in [0.05, 0.1) is 19.0 Å². The van der Waals surface area contributed by atoms with Gasteiger partial charge in [0.1, 0.15) is 0 Å². The molecule has 0 aliphatic heterocycles. The van der Waals surface area contributed by atoms with E-state index < -0.39 is 9.05 Å². The van der Waals surface area contributed by atoms with E-state index in [-0.39, 0.29) is 5.75 Å². The molecule has 0 aliphatic rings. The maximum absolute atomic E-state index is 10.8. The minimum Gasteiger partial charge on any atom is -0.380 e. The van der Waals surface area contributed by atoms with Crippen LogP contribution in [0.25, 0.3) is 0 Å². The lowest BCUT2D eigenvalue weighted by Crippen LogP contribution is -2.32. The standard InChI is InChI=1S/C11H24ClNO4S/c1-3-16-9-7-13(8-10-17-4-2)6-5-11-18(12,14)15/h3-11H2,1-2H3. The lowest BCUT2D eigenvalue weighted by atomic mass is 10.4. The molecule has 7 heteroatoms. The summed E-state index contributed by atoms with van der Waals surface area (Å²) in [6, 6.07) is 0. The van der Waals surface area contributed by atoms with E-state index in [0.717, 1.165) is 13.1 Å². The molecule has 0 atom stereocenters. The number of nitrogens with zero attached hydrogens (tertiary/aromatic N) is 1. The van der Waals surface area contributed by atoms with E-state index in [1.165, 1.54) is 0 Å². The SMILES string of the molecule is CCOCCN(CCCS(=O)(=O)Cl)CCOCC. The van der Waals surface area contributed by atoms with Gasteiger partial charge in [-0.25, -0.2) is 8.42 Å². The molecular formula is C11H24ClNO4S. The first-order valence-electron chi connectivity index (χ1n) is 6.29. The van der Waals surface area contributed by atoms with Crippen LogP contribution >= 0.6 is 10.7 Å². The van der Waals surface area contributed by atoms with Crippen molar-refractivity contribution in [1.29, 1.82) is 0 Å².